The van der Waals surface area contributed by atoms with Gasteiger partial charge in [-0.25, -0.2) is 8.42 Å². The van der Waals surface area contributed by atoms with Gasteiger partial charge in [-0.15, -0.1) is 10.2 Å². The second-order valence-electron chi connectivity index (χ2n) is 6.78. The van der Waals surface area contributed by atoms with E-state index >= 15 is 0 Å². The maximum Gasteiger partial charge on any atom is 0.289 e. The van der Waals surface area contributed by atoms with Crippen molar-refractivity contribution < 1.29 is 13.3 Å². The molecule has 10 heteroatoms. The molecule has 0 unspecified atom stereocenters. The number of rotatable bonds is 5. The third-order valence-electron chi connectivity index (χ3n) is 4.87. The molecule has 0 fully saturated rings. The van der Waals surface area contributed by atoms with E-state index < -0.39 is 20.6 Å². The molecule has 0 aliphatic carbocycles. The molecule has 0 saturated heterocycles. The number of anilines is 1. The van der Waals surface area contributed by atoms with Crippen molar-refractivity contribution >= 4 is 21.4 Å². The van der Waals surface area contributed by atoms with Gasteiger partial charge in [-0.05, 0) is 31.0 Å². The summed E-state index contributed by atoms with van der Waals surface area (Å²) in [7, 11) is -4.18. The Labute approximate surface area is 167 Å². The number of sulfonamides is 1. The highest BCUT2D eigenvalue weighted by molar-refractivity contribution is 7.92. The Bertz CT molecular complexity index is 1170. The van der Waals surface area contributed by atoms with Gasteiger partial charge >= 0.3 is 0 Å². The number of aryl methyl sites for hydroxylation is 1. The van der Waals surface area contributed by atoms with Crippen molar-refractivity contribution in [2.75, 3.05) is 4.72 Å². The first-order chi connectivity index (χ1) is 14.0. The minimum atomic E-state index is -4.18. The number of nitrogens with one attached hydrogen (secondary N) is 1. The summed E-state index contributed by atoms with van der Waals surface area (Å²) in [6.07, 6.45) is 3.98. The van der Waals surface area contributed by atoms with E-state index in [4.69, 9.17) is 0 Å². The Morgan fingerprint density at radius 3 is 2.59 bits per heavy atom. The molecule has 2 heterocycles. The van der Waals surface area contributed by atoms with Crippen LogP contribution in [0.5, 0.6) is 0 Å². The summed E-state index contributed by atoms with van der Waals surface area (Å²) in [5.41, 5.74) is 0.397. The molecule has 9 nitrogen and oxygen atoms in total. The van der Waals surface area contributed by atoms with E-state index in [2.05, 4.69) is 14.9 Å². The highest BCUT2D eigenvalue weighted by Gasteiger charge is 2.27. The van der Waals surface area contributed by atoms with Gasteiger partial charge in [-0.2, -0.15) is 0 Å². The number of hydrogen-bond acceptors (Lipinski definition) is 6. The van der Waals surface area contributed by atoms with Crippen LogP contribution in [0.1, 0.15) is 25.1 Å². The van der Waals surface area contributed by atoms with E-state index in [0.717, 1.165) is 38.1 Å². The van der Waals surface area contributed by atoms with Crippen molar-refractivity contribution in [3.63, 3.8) is 0 Å². The first-order valence-corrected chi connectivity index (χ1v) is 10.7. The summed E-state index contributed by atoms with van der Waals surface area (Å²) in [4.78, 5) is 10.2. The third kappa shape index (κ3) is 3.70. The molecule has 0 amide bonds. The Morgan fingerprint density at radius 1 is 1.00 bits per heavy atom. The molecule has 3 aromatic rings. The van der Waals surface area contributed by atoms with Crippen LogP contribution in [-0.4, -0.2) is 28.1 Å². The molecule has 0 radical (unpaired) electrons. The van der Waals surface area contributed by atoms with Crippen LogP contribution in [0.3, 0.4) is 0 Å². The van der Waals surface area contributed by atoms with E-state index in [1.807, 2.05) is 4.57 Å². The van der Waals surface area contributed by atoms with Crippen LogP contribution in [0.25, 0.3) is 11.4 Å². The first kappa shape index (κ1) is 19.1. The molecule has 0 saturated carbocycles. The van der Waals surface area contributed by atoms with Crippen molar-refractivity contribution in [2.24, 2.45) is 0 Å². The lowest BCUT2D eigenvalue weighted by Gasteiger charge is -2.13. The molecule has 150 valence electrons. The third-order valence-corrected chi connectivity index (χ3v) is 6.29. The standard InChI is InChI=1S/C19H19N5O4S/c25-24(26)16-10-5-6-11-17(16)29(27,28)22-15-9-4-3-8-14(15)19-21-20-18-12-2-1-7-13-23(18)19/h3-6,8-11,22H,1-2,7,12-13H2. The number of nitro groups is 1. The van der Waals surface area contributed by atoms with Crippen molar-refractivity contribution in [1.82, 2.24) is 14.8 Å². The van der Waals surface area contributed by atoms with Gasteiger partial charge in [-0.3, -0.25) is 14.8 Å². The number of aromatic nitrogens is 3. The quantitative estimate of drug-likeness (QED) is 0.506. The zero-order valence-corrected chi connectivity index (χ0v) is 16.3. The van der Waals surface area contributed by atoms with Crippen molar-refractivity contribution in [3.8, 4) is 11.4 Å². The number of fused-ring (bicyclic) bond motifs is 1. The fraction of sp³-hybridized carbons (Fsp3) is 0.263. The molecule has 1 N–H and O–H groups in total. The summed E-state index contributed by atoms with van der Waals surface area (Å²) in [6.45, 7) is 0.767. The van der Waals surface area contributed by atoms with Gasteiger partial charge in [0.05, 0.1) is 10.6 Å². The van der Waals surface area contributed by atoms with Gasteiger partial charge in [0.1, 0.15) is 5.82 Å². The van der Waals surface area contributed by atoms with Crippen LogP contribution in [-0.2, 0) is 23.0 Å². The van der Waals surface area contributed by atoms with Gasteiger partial charge in [0.2, 0.25) is 0 Å². The van der Waals surface area contributed by atoms with E-state index in [-0.39, 0.29) is 4.90 Å². The molecule has 1 aliphatic heterocycles. The molecule has 1 aromatic heterocycles. The summed E-state index contributed by atoms with van der Waals surface area (Å²) in [6, 6.07) is 12.1. The summed E-state index contributed by atoms with van der Waals surface area (Å²) >= 11 is 0. The van der Waals surface area contributed by atoms with E-state index in [9.17, 15) is 18.5 Å². The van der Waals surface area contributed by atoms with Gasteiger partial charge in [0.15, 0.2) is 10.7 Å². The lowest BCUT2D eigenvalue weighted by Crippen LogP contribution is -2.15. The summed E-state index contributed by atoms with van der Waals surface area (Å²) < 4.78 is 30.4. The largest absolute Gasteiger partial charge is 0.311 e. The molecular weight excluding hydrogens is 394 g/mol. The second kappa shape index (κ2) is 7.63. The summed E-state index contributed by atoms with van der Waals surface area (Å²) in [5.74, 6) is 1.47. The second-order valence-corrected chi connectivity index (χ2v) is 8.43. The fourth-order valence-corrected chi connectivity index (χ4v) is 4.74. The highest BCUT2D eigenvalue weighted by atomic mass is 32.2. The lowest BCUT2D eigenvalue weighted by molar-refractivity contribution is -0.387. The maximum absolute atomic E-state index is 12.9. The number of nitro benzene ring substituents is 1. The Balaban J connectivity index is 1.76. The summed E-state index contributed by atoms with van der Waals surface area (Å²) in [5, 5.41) is 19.8. The normalized spacial score (nSPS) is 14.1. The van der Waals surface area contributed by atoms with Crippen LogP contribution in [0.2, 0.25) is 0 Å². The van der Waals surface area contributed by atoms with E-state index in [1.165, 1.54) is 24.3 Å². The number of para-hydroxylation sites is 2. The van der Waals surface area contributed by atoms with Gasteiger partial charge in [0, 0.05) is 24.6 Å². The Hall–Kier alpha value is -3.27. The average Bonchev–Trinajstić information content (AvgIpc) is 2.96. The van der Waals surface area contributed by atoms with Crippen LogP contribution in [0.15, 0.2) is 53.4 Å². The number of benzene rings is 2. The number of nitrogens with zero attached hydrogens (tertiary/aromatic N) is 4. The highest BCUT2D eigenvalue weighted by Crippen LogP contribution is 2.32. The predicted octanol–water partition coefficient (Wildman–Crippen LogP) is 3.38. The van der Waals surface area contributed by atoms with Crippen molar-refractivity contribution in [1.29, 1.82) is 0 Å². The smallest absolute Gasteiger partial charge is 0.289 e. The predicted molar refractivity (Wildman–Crippen MR) is 107 cm³/mol. The molecule has 0 atom stereocenters. The Kier molecular flexibility index (Phi) is 5.01. The molecule has 2 aromatic carbocycles. The molecule has 0 spiro atoms. The van der Waals surface area contributed by atoms with Crippen LogP contribution in [0.4, 0.5) is 11.4 Å². The topological polar surface area (TPSA) is 120 Å². The Morgan fingerprint density at radius 2 is 1.76 bits per heavy atom. The number of hydrogen-bond donors (Lipinski definition) is 1. The molecule has 4 rings (SSSR count). The van der Waals surface area contributed by atoms with Gasteiger partial charge in [0.25, 0.3) is 15.7 Å². The zero-order valence-electron chi connectivity index (χ0n) is 15.5. The minimum absolute atomic E-state index is 0.296. The van der Waals surface area contributed by atoms with Crippen LogP contribution < -0.4 is 4.72 Å². The van der Waals surface area contributed by atoms with E-state index in [0.29, 0.717) is 17.1 Å². The molecular formula is C19H19N5O4S. The fourth-order valence-electron chi connectivity index (χ4n) is 3.49. The van der Waals surface area contributed by atoms with Crippen molar-refractivity contribution in [3.05, 3.63) is 64.5 Å². The SMILES string of the molecule is O=[N+]([O-])c1ccccc1S(=O)(=O)Nc1ccccc1-c1nnc2n1CCCCC2. The van der Waals surface area contributed by atoms with Gasteiger partial charge in [-0.1, -0.05) is 30.7 Å². The van der Waals surface area contributed by atoms with Gasteiger partial charge < -0.3 is 4.57 Å². The average molecular weight is 413 g/mol. The zero-order chi connectivity index (χ0) is 20.4. The first-order valence-electron chi connectivity index (χ1n) is 9.25. The monoisotopic (exact) mass is 413 g/mol. The molecule has 1 aliphatic rings. The van der Waals surface area contributed by atoms with E-state index in [1.54, 1.807) is 24.3 Å². The lowest BCUT2D eigenvalue weighted by atomic mass is 10.1. The molecule has 29 heavy (non-hydrogen) atoms. The maximum atomic E-state index is 12.9. The minimum Gasteiger partial charge on any atom is -0.311 e. The van der Waals surface area contributed by atoms with Crippen molar-refractivity contribution in [2.45, 2.75) is 37.1 Å². The van der Waals surface area contributed by atoms with Crippen LogP contribution >= 0.6 is 0 Å². The molecule has 0 bridgehead atoms. The van der Waals surface area contributed by atoms with Crippen LogP contribution in [0, 0.1) is 10.1 Å².